The Hall–Kier alpha value is -3.15. The van der Waals surface area contributed by atoms with Crippen molar-refractivity contribution in [2.24, 2.45) is 16.2 Å². The summed E-state index contributed by atoms with van der Waals surface area (Å²) in [7, 11) is 2.69. The molecule has 3 rings (SSSR count). The van der Waals surface area contributed by atoms with E-state index in [1.165, 1.54) is 19.8 Å². The molecule has 0 aliphatic heterocycles. The first-order chi connectivity index (χ1) is 14.1. The third kappa shape index (κ3) is 4.83. The molecule has 2 aromatic carbocycles. The van der Waals surface area contributed by atoms with Crippen molar-refractivity contribution in [2.75, 3.05) is 14.2 Å². The second-order valence-corrected chi connectivity index (χ2v) is 7.25. The highest BCUT2D eigenvalue weighted by Gasteiger charge is 2.50. The Kier molecular flexibility index (Phi) is 6.65. The summed E-state index contributed by atoms with van der Waals surface area (Å²) in [5.41, 5.74) is 3.06. The van der Waals surface area contributed by atoms with Gasteiger partial charge in [0, 0.05) is 17.3 Å². The Labute approximate surface area is 171 Å². The van der Waals surface area contributed by atoms with Crippen LogP contribution in [0.3, 0.4) is 0 Å². The zero-order chi connectivity index (χ0) is 20.7. The first-order valence-corrected chi connectivity index (χ1v) is 9.57. The Morgan fingerprint density at radius 1 is 1.14 bits per heavy atom. The van der Waals surface area contributed by atoms with Gasteiger partial charge in [-0.1, -0.05) is 71.8 Å². The predicted octanol–water partition coefficient (Wildman–Crippen LogP) is 4.08. The Bertz CT molecular complexity index is 895. The number of carbonyl (C=O) groups is 1. The lowest BCUT2D eigenvalue weighted by Gasteiger charge is -2.10. The number of esters is 1. The molecule has 0 heterocycles. The molecule has 1 aliphatic rings. The van der Waals surface area contributed by atoms with E-state index in [0.717, 1.165) is 18.4 Å². The molecule has 2 aromatic rings. The fourth-order valence-electron chi connectivity index (χ4n) is 3.56. The van der Waals surface area contributed by atoms with Crippen LogP contribution in [0.25, 0.3) is 0 Å². The minimum atomic E-state index is -0.572. The van der Waals surface area contributed by atoms with Gasteiger partial charge in [0.05, 0.1) is 7.11 Å². The predicted molar refractivity (Wildman–Crippen MR) is 112 cm³/mol. The summed E-state index contributed by atoms with van der Waals surface area (Å²) in [4.78, 5) is 22.2. The molecule has 0 amide bonds. The molecule has 1 fully saturated rings. The van der Waals surface area contributed by atoms with Gasteiger partial charge in [0.25, 0.3) is 0 Å². The van der Waals surface area contributed by atoms with Gasteiger partial charge in [0.2, 0.25) is 0 Å². The van der Waals surface area contributed by atoms with Gasteiger partial charge in [-0.2, -0.15) is 0 Å². The molecule has 6 nitrogen and oxygen atoms in total. The minimum Gasteiger partial charge on any atom is -0.464 e. The van der Waals surface area contributed by atoms with Gasteiger partial charge >= 0.3 is 5.97 Å². The van der Waals surface area contributed by atoms with Crippen molar-refractivity contribution in [1.82, 2.24) is 0 Å². The number of rotatable bonds is 9. The van der Waals surface area contributed by atoms with Crippen LogP contribution in [0.1, 0.15) is 36.5 Å². The summed E-state index contributed by atoms with van der Waals surface area (Å²) in [6, 6.07) is 17.9. The third-order valence-corrected chi connectivity index (χ3v) is 5.44. The first-order valence-electron chi connectivity index (χ1n) is 9.57. The van der Waals surface area contributed by atoms with E-state index in [0.29, 0.717) is 11.5 Å². The van der Waals surface area contributed by atoms with Crippen LogP contribution in [0.5, 0.6) is 0 Å². The molecule has 29 heavy (non-hydrogen) atoms. The number of hydrogen-bond donors (Lipinski definition) is 0. The third-order valence-electron chi connectivity index (χ3n) is 5.44. The molecule has 1 saturated carbocycles. The molecule has 152 valence electrons. The molecular formula is C23H26N2O4. The lowest BCUT2D eigenvalue weighted by Crippen LogP contribution is -2.19. The van der Waals surface area contributed by atoms with Gasteiger partial charge in [-0.15, -0.1) is 0 Å². The standard InChI is InChI=1S/C23H26N2O4/c1-23(18-10-5-4-6-11-18)15-19(23)13-14-24-29-16-17-9-7-8-12-20(17)21(25-28-3)22(26)27-2/h4-12,14,19H,13,15-16H2,1-3H3. The molecular weight excluding hydrogens is 368 g/mol. The molecule has 6 heteroatoms. The fourth-order valence-corrected chi connectivity index (χ4v) is 3.56. The molecule has 0 saturated heterocycles. The van der Waals surface area contributed by atoms with E-state index in [4.69, 9.17) is 14.4 Å². The summed E-state index contributed by atoms with van der Waals surface area (Å²) >= 11 is 0. The van der Waals surface area contributed by atoms with Gasteiger partial charge in [0.15, 0.2) is 5.71 Å². The summed E-state index contributed by atoms with van der Waals surface area (Å²) < 4.78 is 4.79. The number of nitrogens with zero attached hydrogens (tertiary/aromatic N) is 2. The van der Waals surface area contributed by atoms with E-state index in [1.54, 1.807) is 6.07 Å². The summed E-state index contributed by atoms with van der Waals surface area (Å²) in [5.74, 6) is 0.000955. The molecule has 0 aromatic heterocycles. The summed E-state index contributed by atoms with van der Waals surface area (Å²) in [6.45, 7) is 2.51. The van der Waals surface area contributed by atoms with Gasteiger partial charge in [0.1, 0.15) is 13.7 Å². The fraction of sp³-hybridized carbons (Fsp3) is 0.348. The smallest absolute Gasteiger partial charge is 0.360 e. The molecule has 0 bridgehead atoms. The van der Waals surface area contributed by atoms with Crippen molar-refractivity contribution in [3.8, 4) is 0 Å². The van der Waals surface area contributed by atoms with E-state index < -0.39 is 5.97 Å². The summed E-state index contributed by atoms with van der Waals surface area (Å²) in [5, 5.41) is 7.90. The lowest BCUT2D eigenvalue weighted by atomic mass is 9.95. The van der Waals surface area contributed by atoms with Crippen molar-refractivity contribution in [3.05, 3.63) is 71.3 Å². The van der Waals surface area contributed by atoms with Crippen LogP contribution >= 0.6 is 0 Å². The Morgan fingerprint density at radius 3 is 2.59 bits per heavy atom. The number of carbonyl (C=O) groups excluding carboxylic acids is 1. The largest absolute Gasteiger partial charge is 0.464 e. The van der Waals surface area contributed by atoms with Crippen LogP contribution in [0.2, 0.25) is 0 Å². The van der Waals surface area contributed by atoms with Crippen molar-refractivity contribution >= 4 is 17.9 Å². The van der Waals surface area contributed by atoms with Crippen LogP contribution in [0.15, 0.2) is 64.9 Å². The number of methoxy groups -OCH3 is 1. The maximum Gasteiger partial charge on any atom is 0.360 e. The van der Waals surface area contributed by atoms with Crippen LogP contribution in [0, 0.1) is 5.92 Å². The SMILES string of the molecule is CON=C(C(=O)OC)c1ccccc1CON=CCC1CC1(C)c1ccccc1. The van der Waals surface area contributed by atoms with E-state index in [2.05, 4.69) is 41.5 Å². The monoisotopic (exact) mass is 394 g/mol. The highest BCUT2D eigenvalue weighted by atomic mass is 16.6. The van der Waals surface area contributed by atoms with E-state index >= 15 is 0 Å². The number of oxime groups is 2. The molecule has 1 aliphatic carbocycles. The number of benzene rings is 2. The van der Waals surface area contributed by atoms with Crippen molar-refractivity contribution < 1.29 is 19.2 Å². The Balaban J connectivity index is 1.56. The van der Waals surface area contributed by atoms with Crippen LogP contribution in [-0.2, 0) is 31.2 Å². The zero-order valence-corrected chi connectivity index (χ0v) is 17.0. The van der Waals surface area contributed by atoms with Gasteiger partial charge in [-0.3, -0.25) is 0 Å². The topological polar surface area (TPSA) is 69.5 Å². The maximum absolute atomic E-state index is 12.0. The normalized spacial score (nSPS) is 21.1. The molecule has 2 unspecified atom stereocenters. The quantitative estimate of drug-likeness (QED) is 0.365. The van der Waals surface area contributed by atoms with Gasteiger partial charge in [-0.05, 0) is 29.7 Å². The van der Waals surface area contributed by atoms with Crippen molar-refractivity contribution in [1.29, 1.82) is 0 Å². The summed E-state index contributed by atoms with van der Waals surface area (Å²) in [6.07, 6.45) is 3.85. The molecule has 0 radical (unpaired) electrons. The first kappa shape index (κ1) is 20.6. The average Bonchev–Trinajstić information content (AvgIpc) is 3.43. The zero-order valence-electron chi connectivity index (χ0n) is 17.0. The van der Waals surface area contributed by atoms with E-state index in [-0.39, 0.29) is 17.7 Å². The van der Waals surface area contributed by atoms with E-state index in [9.17, 15) is 4.79 Å². The highest BCUT2D eigenvalue weighted by molar-refractivity contribution is 6.43. The van der Waals surface area contributed by atoms with Crippen molar-refractivity contribution in [2.45, 2.75) is 31.8 Å². The van der Waals surface area contributed by atoms with Crippen molar-refractivity contribution in [3.63, 3.8) is 0 Å². The molecule has 0 spiro atoms. The number of ether oxygens (including phenoxy) is 1. The highest BCUT2D eigenvalue weighted by Crippen LogP contribution is 2.55. The second-order valence-electron chi connectivity index (χ2n) is 7.25. The molecule has 2 atom stereocenters. The molecule has 0 N–H and O–H groups in total. The Morgan fingerprint density at radius 2 is 1.86 bits per heavy atom. The second kappa shape index (κ2) is 9.37. The number of hydrogen-bond acceptors (Lipinski definition) is 6. The maximum atomic E-state index is 12.0. The van der Waals surface area contributed by atoms with Crippen LogP contribution < -0.4 is 0 Å². The van der Waals surface area contributed by atoms with Gasteiger partial charge < -0.3 is 14.4 Å². The minimum absolute atomic E-state index is 0.0924. The van der Waals surface area contributed by atoms with Crippen LogP contribution in [-0.4, -0.2) is 32.1 Å². The average molecular weight is 394 g/mol. The van der Waals surface area contributed by atoms with Crippen LogP contribution in [0.4, 0.5) is 0 Å². The van der Waals surface area contributed by atoms with E-state index in [1.807, 2.05) is 30.5 Å². The lowest BCUT2D eigenvalue weighted by molar-refractivity contribution is -0.132. The van der Waals surface area contributed by atoms with Gasteiger partial charge in [-0.25, -0.2) is 4.79 Å².